The average Bonchev–Trinajstić information content (AvgIpc) is 2.78. The minimum Gasteiger partial charge on any atom is -0.391 e. The zero-order valence-corrected chi connectivity index (χ0v) is 9.72. The van der Waals surface area contributed by atoms with Crippen molar-refractivity contribution in [3.05, 3.63) is 34.2 Å². The molecule has 0 bridgehead atoms. The first-order valence-corrected chi connectivity index (χ1v) is 6.02. The Morgan fingerprint density at radius 1 is 1.50 bits per heavy atom. The molecule has 0 saturated heterocycles. The lowest BCUT2D eigenvalue weighted by atomic mass is 10.0. The van der Waals surface area contributed by atoms with Crippen LogP contribution in [0.15, 0.2) is 23.1 Å². The van der Waals surface area contributed by atoms with Gasteiger partial charge in [-0.15, -0.1) is 0 Å². The van der Waals surface area contributed by atoms with E-state index in [1.165, 1.54) is 12.8 Å². The van der Waals surface area contributed by atoms with Gasteiger partial charge in [-0.05, 0) is 31.7 Å². The van der Waals surface area contributed by atoms with Gasteiger partial charge in [0.15, 0.2) is 0 Å². The van der Waals surface area contributed by atoms with Crippen LogP contribution < -0.4 is 5.56 Å². The summed E-state index contributed by atoms with van der Waals surface area (Å²) in [5.41, 5.74) is 0.751. The first-order chi connectivity index (χ1) is 7.68. The first-order valence-electron chi connectivity index (χ1n) is 6.02. The van der Waals surface area contributed by atoms with Crippen LogP contribution in [0.4, 0.5) is 0 Å². The Morgan fingerprint density at radius 3 is 2.88 bits per heavy atom. The third kappa shape index (κ3) is 2.35. The highest BCUT2D eigenvalue weighted by molar-refractivity contribution is 5.07. The van der Waals surface area contributed by atoms with Gasteiger partial charge in [-0.3, -0.25) is 4.79 Å². The highest BCUT2D eigenvalue weighted by Crippen LogP contribution is 2.28. The van der Waals surface area contributed by atoms with Gasteiger partial charge in [-0.2, -0.15) is 0 Å². The summed E-state index contributed by atoms with van der Waals surface area (Å²) in [5, 5.41) is 10.1. The summed E-state index contributed by atoms with van der Waals surface area (Å²) < 4.78 is 1.62. The monoisotopic (exact) mass is 221 g/mol. The van der Waals surface area contributed by atoms with E-state index in [-0.39, 0.29) is 11.7 Å². The predicted octanol–water partition coefficient (Wildman–Crippen LogP) is 1.71. The predicted molar refractivity (Wildman–Crippen MR) is 63.4 cm³/mol. The highest BCUT2D eigenvalue weighted by atomic mass is 16.3. The lowest BCUT2D eigenvalue weighted by Gasteiger charge is -2.18. The lowest BCUT2D eigenvalue weighted by Crippen LogP contribution is -2.30. The third-order valence-electron chi connectivity index (χ3n) is 3.54. The molecule has 1 aliphatic carbocycles. The number of pyridine rings is 1. The van der Waals surface area contributed by atoms with Gasteiger partial charge in [0.25, 0.3) is 5.56 Å². The Bertz CT molecular complexity index is 405. The van der Waals surface area contributed by atoms with Crippen LogP contribution in [0.3, 0.4) is 0 Å². The second kappa shape index (κ2) is 4.83. The Balaban J connectivity index is 2.08. The first kappa shape index (κ1) is 11.4. The van der Waals surface area contributed by atoms with Crippen molar-refractivity contribution in [3.63, 3.8) is 0 Å². The number of nitrogens with zero attached hydrogens (tertiary/aromatic N) is 1. The second-order valence-electron chi connectivity index (χ2n) is 4.76. The molecule has 3 nitrogen and oxygen atoms in total. The molecule has 1 N–H and O–H groups in total. The Morgan fingerprint density at radius 2 is 2.19 bits per heavy atom. The van der Waals surface area contributed by atoms with Gasteiger partial charge >= 0.3 is 0 Å². The molecule has 1 aromatic rings. The summed E-state index contributed by atoms with van der Waals surface area (Å²) in [6.45, 7) is 2.24. The highest BCUT2D eigenvalue weighted by Gasteiger charge is 2.23. The van der Waals surface area contributed by atoms with E-state index in [1.54, 1.807) is 23.8 Å². The van der Waals surface area contributed by atoms with Crippen molar-refractivity contribution < 1.29 is 5.11 Å². The summed E-state index contributed by atoms with van der Waals surface area (Å²) >= 11 is 0. The number of hydrogen-bond acceptors (Lipinski definition) is 2. The topological polar surface area (TPSA) is 42.2 Å². The maximum absolute atomic E-state index is 11.8. The molecule has 0 aromatic carbocycles. The van der Waals surface area contributed by atoms with Crippen LogP contribution in [0, 0.1) is 12.8 Å². The van der Waals surface area contributed by atoms with E-state index in [0.717, 1.165) is 18.4 Å². The summed E-state index contributed by atoms with van der Waals surface area (Å²) in [4.78, 5) is 11.8. The fourth-order valence-electron chi connectivity index (χ4n) is 2.49. The molecule has 1 aromatic heterocycles. The average molecular weight is 221 g/mol. The maximum Gasteiger partial charge on any atom is 0.253 e. The fraction of sp³-hybridized carbons (Fsp3) is 0.615. The van der Waals surface area contributed by atoms with Gasteiger partial charge in [0, 0.05) is 11.8 Å². The number of rotatable bonds is 3. The van der Waals surface area contributed by atoms with Crippen molar-refractivity contribution >= 4 is 0 Å². The van der Waals surface area contributed by atoms with Crippen molar-refractivity contribution in [2.75, 3.05) is 0 Å². The molecule has 1 unspecified atom stereocenters. The van der Waals surface area contributed by atoms with Crippen molar-refractivity contribution in [2.45, 2.75) is 45.3 Å². The van der Waals surface area contributed by atoms with E-state index in [1.807, 2.05) is 6.07 Å². The zero-order valence-electron chi connectivity index (χ0n) is 9.72. The molecule has 0 aliphatic heterocycles. The smallest absolute Gasteiger partial charge is 0.253 e. The van der Waals surface area contributed by atoms with Crippen LogP contribution in [0.2, 0.25) is 0 Å². The largest absolute Gasteiger partial charge is 0.391 e. The molecule has 1 saturated carbocycles. The van der Waals surface area contributed by atoms with Gasteiger partial charge in [-0.25, -0.2) is 0 Å². The van der Waals surface area contributed by atoms with Gasteiger partial charge in [0.1, 0.15) is 0 Å². The van der Waals surface area contributed by atoms with Gasteiger partial charge in [-0.1, -0.05) is 18.9 Å². The number of aryl methyl sites for hydroxylation is 1. The van der Waals surface area contributed by atoms with Crippen LogP contribution >= 0.6 is 0 Å². The van der Waals surface area contributed by atoms with E-state index in [4.69, 9.17) is 0 Å². The molecule has 16 heavy (non-hydrogen) atoms. The van der Waals surface area contributed by atoms with Crippen LogP contribution in [0.5, 0.6) is 0 Å². The van der Waals surface area contributed by atoms with Crippen molar-refractivity contribution in [2.24, 2.45) is 5.92 Å². The molecule has 1 heterocycles. The number of aliphatic hydroxyl groups excluding tert-OH is 1. The Hall–Kier alpha value is -1.09. The molecule has 0 radical (unpaired) electrons. The summed E-state index contributed by atoms with van der Waals surface area (Å²) in [6.07, 6.45) is 6.01. The summed E-state index contributed by atoms with van der Waals surface area (Å²) in [5.74, 6) is 0.382. The van der Waals surface area contributed by atoms with E-state index < -0.39 is 0 Å². The zero-order chi connectivity index (χ0) is 11.5. The number of aromatic nitrogens is 1. The van der Waals surface area contributed by atoms with Gasteiger partial charge in [0.2, 0.25) is 0 Å². The van der Waals surface area contributed by atoms with Crippen LogP contribution in [-0.2, 0) is 6.54 Å². The number of aliphatic hydroxyl groups is 1. The molecule has 0 spiro atoms. The minimum absolute atomic E-state index is 0.0135. The quantitative estimate of drug-likeness (QED) is 0.844. The fourth-order valence-corrected chi connectivity index (χ4v) is 2.49. The van der Waals surface area contributed by atoms with E-state index in [2.05, 4.69) is 0 Å². The van der Waals surface area contributed by atoms with E-state index >= 15 is 0 Å². The second-order valence-corrected chi connectivity index (χ2v) is 4.76. The Labute approximate surface area is 95.7 Å². The van der Waals surface area contributed by atoms with Crippen molar-refractivity contribution in [3.8, 4) is 0 Å². The molecule has 2 rings (SSSR count). The molecule has 1 aliphatic rings. The van der Waals surface area contributed by atoms with E-state index in [9.17, 15) is 9.90 Å². The normalized spacial score (nSPS) is 18.9. The molecular formula is C13H19NO2. The number of hydrogen-bond donors (Lipinski definition) is 1. The molecule has 3 heteroatoms. The van der Waals surface area contributed by atoms with Crippen molar-refractivity contribution in [1.82, 2.24) is 4.57 Å². The summed E-state index contributed by atoms with van der Waals surface area (Å²) in [6, 6.07) is 3.67. The minimum atomic E-state index is -0.373. The van der Waals surface area contributed by atoms with E-state index in [0.29, 0.717) is 12.5 Å². The molecule has 1 atom stereocenters. The van der Waals surface area contributed by atoms with Crippen LogP contribution in [0.25, 0.3) is 0 Å². The summed E-state index contributed by atoms with van der Waals surface area (Å²) in [7, 11) is 0. The lowest BCUT2D eigenvalue weighted by molar-refractivity contribution is 0.0920. The van der Waals surface area contributed by atoms with Crippen LogP contribution in [-0.4, -0.2) is 15.8 Å². The Kier molecular flexibility index (Phi) is 3.44. The SMILES string of the molecule is Cc1cccn(CC(O)C2CCCC2)c1=O. The molecule has 0 amide bonds. The molecule has 88 valence electrons. The van der Waals surface area contributed by atoms with Gasteiger partial charge < -0.3 is 9.67 Å². The van der Waals surface area contributed by atoms with Gasteiger partial charge in [0.05, 0.1) is 12.6 Å². The van der Waals surface area contributed by atoms with Crippen LogP contribution in [0.1, 0.15) is 31.2 Å². The molecule has 1 fully saturated rings. The third-order valence-corrected chi connectivity index (χ3v) is 3.54. The van der Waals surface area contributed by atoms with Crippen molar-refractivity contribution in [1.29, 1.82) is 0 Å². The molecular weight excluding hydrogens is 202 g/mol. The standard InChI is InChI=1S/C13H19NO2/c1-10-5-4-8-14(13(10)16)9-12(15)11-6-2-3-7-11/h4-5,8,11-12,15H,2-3,6-7,9H2,1H3. The maximum atomic E-state index is 11.8.